The first-order valence-electron chi connectivity index (χ1n) is 5.54. The first-order chi connectivity index (χ1) is 8.43. The topological polar surface area (TPSA) is 13.1 Å². The van der Waals surface area contributed by atoms with Gasteiger partial charge in [-0.1, -0.05) is 54.6 Å². The molecule has 0 bridgehead atoms. The van der Waals surface area contributed by atoms with Crippen LogP contribution in [0.3, 0.4) is 0 Å². The van der Waals surface area contributed by atoms with Crippen LogP contribution in [-0.2, 0) is 0 Å². The van der Waals surface area contributed by atoms with Crippen molar-refractivity contribution < 1.29 is 4.42 Å². The Hall–Kier alpha value is -2.28. The number of hydrogen-bond donors (Lipinski definition) is 0. The highest BCUT2D eigenvalue weighted by Crippen LogP contribution is 2.27. The second kappa shape index (κ2) is 4.30. The Bertz CT molecular complexity index is 540. The lowest BCUT2D eigenvalue weighted by Gasteiger charge is -1.94. The van der Waals surface area contributed by atoms with E-state index in [0.717, 1.165) is 22.5 Å². The predicted octanol–water partition coefficient (Wildman–Crippen LogP) is 4.41. The van der Waals surface area contributed by atoms with Gasteiger partial charge in [0.2, 0.25) is 0 Å². The number of furan rings is 1. The monoisotopic (exact) mass is 219 g/mol. The van der Waals surface area contributed by atoms with Gasteiger partial charge in [-0.2, -0.15) is 0 Å². The van der Waals surface area contributed by atoms with Crippen LogP contribution in [0.5, 0.6) is 0 Å². The zero-order chi connectivity index (χ0) is 11.5. The molecule has 1 heterocycles. The van der Waals surface area contributed by atoms with E-state index in [2.05, 4.69) is 6.07 Å². The molecule has 3 rings (SSSR count). The fraction of sp³-hybridized carbons (Fsp3) is 0. The van der Waals surface area contributed by atoms with Crippen LogP contribution in [0.25, 0.3) is 22.5 Å². The summed E-state index contributed by atoms with van der Waals surface area (Å²) in [6.07, 6.45) is 1.77. The van der Waals surface area contributed by atoms with Gasteiger partial charge in [-0.25, -0.2) is 0 Å². The molecule has 1 nitrogen and oxygen atoms in total. The van der Waals surface area contributed by atoms with Crippen molar-refractivity contribution in [3.8, 4) is 22.5 Å². The van der Waals surface area contributed by atoms with E-state index < -0.39 is 0 Å². The summed E-state index contributed by atoms with van der Waals surface area (Å²) in [4.78, 5) is 0. The molecule has 0 saturated carbocycles. The summed E-state index contributed by atoms with van der Waals surface area (Å²) >= 11 is 0. The highest BCUT2D eigenvalue weighted by molar-refractivity contribution is 5.69. The molecule has 0 aliphatic heterocycles. The van der Waals surface area contributed by atoms with Gasteiger partial charge in [-0.15, -0.1) is 0 Å². The fourth-order valence-corrected chi connectivity index (χ4v) is 1.80. The zero-order valence-corrected chi connectivity index (χ0v) is 9.26. The van der Waals surface area contributed by atoms with Gasteiger partial charge in [0, 0.05) is 11.1 Å². The summed E-state index contributed by atoms with van der Waals surface area (Å²) in [5, 5.41) is 0. The third-order valence-electron chi connectivity index (χ3n) is 2.68. The Labute approximate surface area is 100 Å². The lowest BCUT2D eigenvalue weighted by Crippen LogP contribution is -1.72. The Morgan fingerprint density at radius 2 is 1.65 bits per heavy atom. The van der Waals surface area contributed by atoms with Crippen molar-refractivity contribution in [2.45, 2.75) is 0 Å². The number of hydrogen-bond acceptors (Lipinski definition) is 1. The molecule has 0 spiro atoms. The Morgan fingerprint density at radius 1 is 0.824 bits per heavy atom. The van der Waals surface area contributed by atoms with Crippen molar-refractivity contribution in [2.24, 2.45) is 0 Å². The van der Waals surface area contributed by atoms with E-state index >= 15 is 0 Å². The molecule has 0 atom stereocenters. The minimum absolute atomic E-state index is 0.887. The minimum Gasteiger partial charge on any atom is -0.464 e. The molecule has 81 valence electrons. The third kappa shape index (κ3) is 2.00. The van der Waals surface area contributed by atoms with Crippen molar-refractivity contribution in [3.05, 3.63) is 73.0 Å². The largest absolute Gasteiger partial charge is 0.464 e. The lowest BCUT2D eigenvalue weighted by atomic mass is 10.1. The van der Waals surface area contributed by atoms with Crippen molar-refractivity contribution >= 4 is 0 Å². The summed E-state index contributed by atoms with van der Waals surface area (Å²) < 4.78 is 5.59. The average Bonchev–Trinajstić information content (AvgIpc) is 2.90. The van der Waals surface area contributed by atoms with Gasteiger partial charge in [0.1, 0.15) is 5.76 Å². The normalized spacial score (nSPS) is 10.4. The van der Waals surface area contributed by atoms with Crippen LogP contribution in [0.15, 0.2) is 71.3 Å². The molecule has 17 heavy (non-hydrogen) atoms. The van der Waals surface area contributed by atoms with E-state index in [9.17, 15) is 0 Å². The van der Waals surface area contributed by atoms with Crippen molar-refractivity contribution in [1.82, 2.24) is 0 Å². The van der Waals surface area contributed by atoms with Crippen LogP contribution < -0.4 is 0 Å². The van der Waals surface area contributed by atoms with E-state index in [1.54, 1.807) is 6.26 Å². The molecular weight excluding hydrogens is 208 g/mol. The molecular formula is C16H11O. The van der Waals surface area contributed by atoms with E-state index in [4.69, 9.17) is 4.42 Å². The molecule has 1 radical (unpaired) electrons. The third-order valence-corrected chi connectivity index (χ3v) is 2.68. The summed E-state index contributed by atoms with van der Waals surface area (Å²) in [7, 11) is 0. The van der Waals surface area contributed by atoms with Gasteiger partial charge >= 0.3 is 0 Å². The quantitative estimate of drug-likeness (QED) is 0.622. The van der Waals surface area contributed by atoms with Crippen LogP contribution in [0.2, 0.25) is 0 Å². The molecule has 0 unspecified atom stereocenters. The maximum absolute atomic E-state index is 5.59. The average molecular weight is 219 g/mol. The van der Waals surface area contributed by atoms with Crippen molar-refractivity contribution in [3.63, 3.8) is 0 Å². The minimum atomic E-state index is 0.887. The second-order valence-electron chi connectivity index (χ2n) is 3.84. The highest BCUT2D eigenvalue weighted by Gasteiger charge is 2.05. The maximum atomic E-state index is 5.59. The molecule has 0 aliphatic carbocycles. The predicted molar refractivity (Wildman–Crippen MR) is 68.4 cm³/mol. The van der Waals surface area contributed by atoms with Gasteiger partial charge in [0.25, 0.3) is 0 Å². The molecule has 3 aromatic rings. The summed E-state index contributed by atoms with van der Waals surface area (Å²) in [6.45, 7) is 0. The van der Waals surface area contributed by atoms with E-state index in [1.807, 2.05) is 60.7 Å². The van der Waals surface area contributed by atoms with Crippen molar-refractivity contribution in [1.29, 1.82) is 0 Å². The van der Waals surface area contributed by atoms with E-state index in [0.29, 0.717) is 0 Å². The van der Waals surface area contributed by atoms with Gasteiger partial charge in [-0.05, 0) is 17.7 Å². The van der Waals surface area contributed by atoms with E-state index in [-0.39, 0.29) is 0 Å². The van der Waals surface area contributed by atoms with E-state index in [1.165, 1.54) is 0 Å². The Morgan fingerprint density at radius 3 is 2.41 bits per heavy atom. The number of benzene rings is 2. The van der Waals surface area contributed by atoms with Crippen molar-refractivity contribution in [2.75, 3.05) is 0 Å². The summed E-state index contributed by atoms with van der Waals surface area (Å²) in [5.41, 5.74) is 3.21. The molecule has 0 N–H and O–H groups in total. The Balaban J connectivity index is 1.99. The fourth-order valence-electron chi connectivity index (χ4n) is 1.80. The summed E-state index contributed by atoms with van der Waals surface area (Å²) in [5.74, 6) is 0.887. The van der Waals surface area contributed by atoms with Gasteiger partial charge in [0.15, 0.2) is 0 Å². The van der Waals surface area contributed by atoms with Crippen LogP contribution in [0.4, 0.5) is 0 Å². The number of rotatable bonds is 2. The molecule has 0 saturated heterocycles. The smallest absolute Gasteiger partial charge is 0.134 e. The maximum Gasteiger partial charge on any atom is 0.134 e. The Kier molecular flexibility index (Phi) is 2.51. The standard InChI is InChI=1S/C16H11O/c1-3-7-13(8-4-1)15-11-16(17-12-15)14-9-5-2-6-10-14/h1-7,9-12H. The van der Waals surface area contributed by atoms with Crippen LogP contribution >= 0.6 is 0 Å². The summed E-state index contributed by atoms with van der Waals surface area (Å²) in [6, 6.07) is 23.2. The highest BCUT2D eigenvalue weighted by atomic mass is 16.3. The lowest BCUT2D eigenvalue weighted by molar-refractivity contribution is 0.583. The first kappa shape index (κ1) is 9.91. The van der Waals surface area contributed by atoms with Gasteiger partial charge in [0.05, 0.1) is 6.26 Å². The molecule has 0 aliphatic rings. The molecule has 1 heteroatoms. The van der Waals surface area contributed by atoms with Gasteiger partial charge < -0.3 is 4.42 Å². The SMILES string of the molecule is [c]1ccccc1-c1coc(-c2ccccc2)c1. The first-order valence-corrected chi connectivity index (χ1v) is 5.54. The molecule has 1 aromatic heterocycles. The van der Waals surface area contributed by atoms with Crippen LogP contribution in [-0.4, -0.2) is 0 Å². The second-order valence-corrected chi connectivity index (χ2v) is 3.84. The van der Waals surface area contributed by atoms with Crippen LogP contribution in [0, 0.1) is 6.07 Å². The zero-order valence-electron chi connectivity index (χ0n) is 9.26. The van der Waals surface area contributed by atoms with Crippen LogP contribution in [0.1, 0.15) is 0 Å². The molecule has 0 amide bonds. The molecule has 2 aromatic carbocycles. The molecule has 0 fully saturated rings. The van der Waals surface area contributed by atoms with Gasteiger partial charge in [-0.3, -0.25) is 0 Å².